The highest BCUT2D eigenvalue weighted by molar-refractivity contribution is 6.02. The quantitative estimate of drug-likeness (QED) is 0.636. The van der Waals surface area contributed by atoms with E-state index in [1.807, 2.05) is 0 Å². The molecule has 2 heterocycles. The van der Waals surface area contributed by atoms with Crippen LogP contribution in [-0.4, -0.2) is 19.9 Å². The number of alkyl halides is 3. The molecule has 0 atom stereocenters. The van der Waals surface area contributed by atoms with Gasteiger partial charge in [0.2, 0.25) is 5.82 Å². The Kier molecular flexibility index (Phi) is 2.23. The number of hydrogen-bond donors (Lipinski definition) is 1. The van der Waals surface area contributed by atoms with Gasteiger partial charge in [-0.15, -0.1) is 0 Å². The van der Waals surface area contributed by atoms with Crippen molar-refractivity contribution in [3.8, 4) is 0 Å². The first-order valence-corrected chi connectivity index (χ1v) is 5.43. The first-order valence-electron chi connectivity index (χ1n) is 5.43. The van der Waals surface area contributed by atoms with E-state index in [0.29, 0.717) is 16.6 Å². The van der Waals surface area contributed by atoms with Gasteiger partial charge < -0.3 is 5.21 Å². The molecule has 0 radical (unpaired) electrons. The van der Waals surface area contributed by atoms with Crippen LogP contribution in [0.1, 0.15) is 11.5 Å². The standard InChI is InChI=1S/C12H8F3N3O/c1-6-2-3-7-9(18(6)19)5-4-8-10(7)17-11(16-8)12(13,14)15/h2-5,19H,1H3. The largest absolute Gasteiger partial charge is 0.451 e. The van der Waals surface area contributed by atoms with E-state index in [9.17, 15) is 18.4 Å². The highest BCUT2D eigenvalue weighted by Crippen LogP contribution is 2.31. The molecule has 0 unspecified atom stereocenters. The topological polar surface area (TPSA) is 50.9 Å². The molecule has 0 bridgehead atoms. The summed E-state index contributed by atoms with van der Waals surface area (Å²) in [6, 6.07) is 6.14. The monoisotopic (exact) mass is 267 g/mol. The van der Waals surface area contributed by atoms with Crippen LogP contribution in [0.2, 0.25) is 0 Å². The van der Waals surface area contributed by atoms with Crippen LogP contribution in [-0.2, 0) is 6.18 Å². The zero-order valence-electron chi connectivity index (χ0n) is 9.73. The second-order valence-electron chi connectivity index (χ2n) is 4.20. The van der Waals surface area contributed by atoms with E-state index in [1.54, 1.807) is 19.1 Å². The lowest BCUT2D eigenvalue weighted by Crippen LogP contribution is -2.06. The van der Waals surface area contributed by atoms with Crippen molar-refractivity contribution in [3.63, 3.8) is 0 Å². The number of imidazole rings is 1. The Labute approximate surface area is 105 Å². The first kappa shape index (κ1) is 11.8. The van der Waals surface area contributed by atoms with Crippen LogP contribution >= 0.6 is 0 Å². The summed E-state index contributed by atoms with van der Waals surface area (Å²) in [6.07, 6.45) is -4.58. The van der Waals surface area contributed by atoms with Crippen molar-refractivity contribution >= 4 is 21.9 Å². The van der Waals surface area contributed by atoms with Gasteiger partial charge >= 0.3 is 6.18 Å². The van der Waals surface area contributed by atoms with Crippen molar-refractivity contribution in [1.82, 2.24) is 14.7 Å². The van der Waals surface area contributed by atoms with Crippen LogP contribution in [0, 0.1) is 6.92 Å². The third kappa shape index (κ3) is 1.69. The highest BCUT2D eigenvalue weighted by atomic mass is 19.4. The molecule has 1 aromatic carbocycles. The average molecular weight is 267 g/mol. The summed E-state index contributed by atoms with van der Waals surface area (Å²) < 4.78 is 38.7. The van der Waals surface area contributed by atoms with Crippen molar-refractivity contribution in [2.75, 3.05) is 0 Å². The summed E-state index contributed by atoms with van der Waals surface area (Å²) in [5.41, 5.74) is 1.25. The summed E-state index contributed by atoms with van der Waals surface area (Å²) in [6.45, 7) is 1.68. The Morgan fingerprint density at radius 1 is 1.11 bits per heavy atom. The molecular weight excluding hydrogens is 259 g/mol. The van der Waals surface area contributed by atoms with Gasteiger partial charge in [-0.2, -0.15) is 17.9 Å². The molecule has 0 fully saturated rings. The predicted octanol–water partition coefficient (Wildman–Crippen LogP) is 3.15. The minimum absolute atomic E-state index is 0.132. The number of aromatic nitrogens is 3. The maximum atomic E-state index is 12.6. The fourth-order valence-corrected chi connectivity index (χ4v) is 1.98. The third-order valence-corrected chi connectivity index (χ3v) is 2.92. The van der Waals surface area contributed by atoms with E-state index in [4.69, 9.17) is 0 Å². The van der Waals surface area contributed by atoms with Crippen LogP contribution in [0.25, 0.3) is 21.9 Å². The number of rotatable bonds is 0. The Bertz CT molecular complexity index is 792. The molecule has 19 heavy (non-hydrogen) atoms. The van der Waals surface area contributed by atoms with Gasteiger partial charge in [-0.1, -0.05) is 0 Å². The third-order valence-electron chi connectivity index (χ3n) is 2.92. The van der Waals surface area contributed by atoms with Gasteiger partial charge in [-0.3, -0.25) is 0 Å². The minimum atomic E-state index is -4.58. The van der Waals surface area contributed by atoms with Gasteiger partial charge in [0.1, 0.15) is 5.52 Å². The predicted molar refractivity (Wildman–Crippen MR) is 62.0 cm³/mol. The van der Waals surface area contributed by atoms with E-state index >= 15 is 0 Å². The van der Waals surface area contributed by atoms with Crippen LogP contribution in [0.5, 0.6) is 0 Å². The Hall–Kier alpha value is -2.31. The SMILES string of the molecule is Cc1ccc2c3nc(C(F)(F)F)nc3ccc2n1O. The van der Waals surface area contributed by atoms with Crippen LogP contribution in [0.4, 0.5) is 13.2 Å². The van der Waals surface area contributed by atoms with Crippen molar-refractivity contribution in [2.45, 2.75) is 13.1 Å². The molecule has 0 spiro atoms. The lowest BCUT2D eigenvalue weighted by Gasteiger charge is -2.07. The number of halogens is 3. The first-order chi connectivity index (χ1) is 8.88. The molecule has 3 aromatic rings. The molecule has 0 saturated carbocycles. The number of benzene rings is 1. The smallest absolute Gasteiger partial charge is 0.428 e. The molecule has 4 nitrogen and oxygen atoms in total. The molecule has 1 N–H and O–H groups in total. The highest BCUT2D eigenvalue weighted by Gasteiger charge is 2.36. The van der Waals surface area contributed by atoms with Gasteiger partial charge in [0.05, 0.1) is 16.7 Å². The lowest BCUT2D eigenvalue weighted by atomic mass is 10.1. The van der Waals surface area contributed by atoms with E-state index in [0.717, 1.165) is 4.73 Å². The fourth-order valence-electron chi connectivity index (χ4n) is 1.98. The molecule has 0 aliphatic heterocycles. The van der Waals surface area contributed by atoms with Gasteiger partial charge in [-0.05, 0) is 31.2 Å². The average Bonchev–Trinajstić information content (AvgIpc) is 2.77. The molecule has 0 aliphatic carbocycles. The summed E-state index contributed by atoms with van der Waals surface area (Å²) in [5, 5.41) is 10.3. The summed E-state index contributed by atoms with van der Waals surface area (Å²) in [7, 11) is 0. The van der Waals surface area contributed by atoms with Gasteiger partial charge in [0.15, 0.2) is 0 Å². The maximum Gasteiger partial charge on any atom is 0.451 e. The van der Waals surface area contributed by atoms with Crippen LogP contribution in [0.15, 0.2) is 24.3 Å². The second kappa shape index (κ2) is 3.59. The summed E-state index contributed by atoms with van der Waals surface area (Å²) in [4.78, 5) is 6.98. The summed E-state index contributed by atoms with van der Waals surface area (Å²) in [5.74, 6) is -1.17. The molecule has 3 rings (SSSR count). The fraction of sp³-hybridized carbons (Fsp3) is 0.167. The zero-order chi connectivity index (χ0) is 13.8. The van der Waals surface area contributed by atoms with Crippen molar-refractivity contribution in [1.29, 1.82) is 0 Å². The molecular formula is C12H8F3N3O. The van der Waals surface area contributed by atoms with E-state index < -0.39 is 12.0 Å². The molecule has 7 heteroatoms. The van der Waals surface area contributed by atoms with Crippen LogP contribution in [0.3, 0.4) is 0 Å². The van der Waals surface area contributed by atoms with Crippen LogP contribution < -0.4 is 0 Å². The van der Waals surface area contributed by atoms with Gasteiger partial charge in [-0.25, -0.2) is 9.97 Å². The number of fused-ring (bicyclic) bond motifs is 3. The van der Waals surface area contributed by atoms with Gasteiger partial charge in [0.25, 0.3) is 0 Å². The summed E-state index contributed by atoms with van der Waals surface area (Å²) >= 11 is 0. The number of hydrogen-bond acceptors (Lipinski definition) is 3. The molecule has 98 valence electrons. The van der Waals surface area contributed by atoms with E-state index in [2.05, 4.69) is 9.97 Å². The Morgan fingerprint density at radius 3 is 2.53 bits per heavy atom. The number of aryl methyl sites for hydroxylation is 1. The molecule has 0 saturated heterocycles. The molecule has 0 amide bonds. The van der Waals surface area contributed by atoms with Crippen molar-refractivity contribution < 1.29 is 18.4 Å². The van der Waals surface area contributed by atoms with Crippen molar-refractivity contribution in [2.24, 2.45) is 0 Å². The maximum absolute atomic E-state index is 12.6. The minimum Gasteiger partial charge on any atom is -0.428 e. The van der Waals surface area contributed by atoms with E-state index in [1.165, 1.54) is 12.1 Å². The number of nitrogens with zero attached hydrogens (tertiary/aromatic N) is 3. The van der Waals surface area contributed by atoms with Crippen molar-refractivity contribution in [3.05, 3.63) is 35.8 Å². The van der Waals surface area contributed by atoms with E-state index in [-0.39, 0.29) is 11.0 Å². The molecule has 2 aromatic heterocycles. The normalized spacial score (nSPS) is 12.4. The van der Waals surface area contributed by atoms with Gasteiger partial charge in [0, 0.05) is 5.39 Å². The second-order valence-corrected chi connectivity index (χ2v) is 4.20. The molecule has 0 aliphatic rings. The Balaban J connectivity index is 2.41. The number of pyridine rings is 1. The Morgan fingerprint density at radius 2 is 1.84 bits per heavy atom. The lowest BCUT2D eigenvalue weighted by molar-refractivity contribution is -0.144. The zero-order valence-corrected chi connectivity index (χ0v) is 9.73.